The summed E-state index contributed by atoms with van der Waals surface area (Å²) in [5, 5.41) is 44.6. The summed E-state index contributed by atoms with van der Waals surface area (Å²) in [5.74, 6) is -1.04. The van der Waals surface area contributed by atoms with Gasteiger partial charge in [-0.25, -0.2) is 0 Å². The van der Waals surface area contributed by atoms with Crippen LogP contribution in [0.2, 0.25) is 0 Å². The van der Waals surface area contributed by atoms with Crippen LogP contribution in [0.25, 0.3) is 11.0 Å². The molecular formula is C6H2N4O7. The molecule has 0 aliphatic rings. The molecule has 0 saturated heterocycles. The Bertz CT molecular complexity index is 647. The molecular weight excluding hydrogens is 240 g/mol. The SMILES string of the molecule is O=[N+]([O-])c1cc([N+](=O)[O-])c2no[n+]([O-])c2c1O. The van der Waals surface area contributed by atoms with E-state index in [0.717, 1.165) is 0 Å². The van der Waals surface area contributed by atoms with Gasteiger partial charge in [-0.05, 0) is 4.90 Å². The van der Waals surface area contributed by atoms with Crippen LogP contribution in [0.15, 0.2) is 10.7 Å². The lowest BCUT2D eigenvalue weighted by Gasteiger charge is -1.95. The first kappa shape index (κ1) is 10.5. The molecule has 0 saturated carbocycles. The number of hydrogen-bond donors (Lipinski definition) is 1. The molecule has 0 aliphatic carbocycles. The van der Waals surface area contributed by atoms with Crippen molar-refractivity contribution < 1.29 is 24.5 Å². The first-order chi connectivity index (χ1) is 7.93. The lowest BCUT2D eigenvalue weighted by molar-refractivity contribution is -0.782. The summed E-state index contributed by atoms with van der Waals surface area (Å²) < 4.78 is 4.05. The third-order valence-corrected chi connectivity index (χ3v) is 1.99. The summed E-state index contributed by atoms with van der Waals surface area (Å²) in [6, 6.07) is 0.500. The molecule has 0 spiro atoms. The van der Waals surface area contributed by atoms with Gasteiger partial charge in [0.15, 0.2) is 0 Å². The minimum absolute atomic E-state index is 0.343. The predicted molar refractivity (Wildman–Crippen MR) is 47.9 cm³/mol. The summed E-state index contributed by atoms with van der Waals surface area (Å²) in [5.41, 5.74) is -3.10. The monoisotopic (exact) mass is 242 g/mol. The van der Waals surface area contributed by atoms with Crippen molar-refractivity contribution in [2.24, 2.45) is 0 Å². The van der Waals surface area contributed by atoms with Crippen LogP contribution in [0.1, 0.15) is 0 Å². The number of phenolic OH excluding ortho intramolecular Hbond substituents is 1. The van der Waals surface area contributed by atoms with Crippen molar-refractivity contribution in [1.82, 2.24) is 5.16 Å². The fourth-order valence-electron chi connectivity index (χ4n) is 1.28. The average Bonchev–Trinajstić information content (AvgIpc) is 2.61. The molecule has 0 bridgehead atoms. The Kier molecular flexibility index (Phi) is 2.02. The Balaban J connectivity index is 2.97. The van der Waals surface area contributed by atoms with Crippen molar-refractivity contribution in [2.75, 3.05) is 0 Å². The summed E-state index contributed by atoms with van der Waals surface area (Å²) in [6.07, 6.45) is 0. The Hall–Kier alpha value is -2.98. The summed E-state index contributed by atoms with van der Waals surface area (Å²) in [7, 11) is 0. The molecule has 0 amide bonds. The van der Waals surface area contributed by atoms with Gasteiger partial charge in [-0.2, -0.15) is 0 Å². The Morgan fingerprint density at radius 1 is 1.29 bits per heavy atom. The van der Waals surface area contributed by atoms with Crippen molar-refractivity contribution in [3.05, 3.63) is 31.5 Å². The van der Waals surface area contributed by atoms with E-state index in [0.29, 0.717) is 6.07 Å². The largest absolute Gasteiger partial charge is 0.499 e. The van der Waals surface area contributed by atoms with Crippen LogP contribution in [0.5, 0.6) is 5.75 Å². The van der Waals surface area contributed by atoms with E-state index in [4.69, 9.17) is 0 Å². The number of rotatable bonds is 2. The number of aromatic nitrogens is 2. The van der Waals surface area contributed by atoms with Crippen LogP contribution in [-0.4, -0.2) is 20.1 Å². The van der Waals surface area contributed by atoms with Gasteiger partial charge in [0, 0.05) is 0 Å². The maximum atomic E-state index is 11.0. The number of benzene rings is 1. The summed E-state index contributed by atoms with van der Waals surface area (Å²) in [6.45, 7) is 0. The second kappa shape index (κ2) is 3.26. The van der Waals surface area contributed by atoms with Crippen molar-refractivity contribution in [1.29, 1.82) is 0 Å². The molecule has 1 heterocycles. The first-order valence-corrected chi connectivity index (χ1v) is 3.97. The van der Waals surface area contributed by atoms with Gasteiger partial charge in [-0.3, -0.25) is 24.9 Å². The predicted octanol–water partition coefficient (Wildman–Crippen LogP) is -0.0168. The van der Waals surface area contributed by atoms with Gasteiger partial charge in [0.2, 0.25) is 0 Å². The fourth-order valence-corrected chi connectivity index (χ4v) is 1.28. The highest BCUT2D eigenvalue weighted by Gasteiger charge is 2.34. The van der Waals surface area contributed by atoms with Gasteiger partial charge >= 0.3 is 16.9 Å². The minimum atomic E-state index is -1.06. The number of nitrogens with zero attached hydrogens (tertiary/aromatic N) is 4. The quantitative estimate of drug-likeness (QED) is 0.436. The molecule has 11 heteroatoms. The molecule has 88 valence electrons. The van der Waals surface area contributed by atoms with Gasteiger partial charge < -0.3 is 10.3 Å². The molecule has 2 aromatic rings. The molecule has 0 atom stereocenters. The van der Waals surface area contributed by atoms with Crippen LogP contribution in [0.3, 0.4) is 0 Å². The molecule has 11 nitrogen and oxygen atoms in total. The van der Waals surface area contributed by atoms with Crippen LogP contribution >= 0.6 is 0 Å². The highest BCUT2D eigenvalue weighted by atomic mass is 16.8. The zero-order valence-corrected chi connectivity index (χ0v) is 7.76. The Morgan fingerprint density at radius 3 is 2.41 bits per heavy atom. The van der Waals surface area contributed by atoms with E-state index < -0.39 is 38.0 Å². The second-order valence-corrected chi connectivity index (χ2v) is 2.90. The lowest BCUT2D eigenvalue weighted by Crippen LogP contribution is -2.22. The zero-order chi connectivity index (χ0) is 12.7. The summed E-state index contributed by atoms with van der Waals surface area (Å²) in [4.78, 5) is 18.8. The van der Waals surface area contributed by atoms with E-state index in [2.05, 4.69) is 9.79 Å². The van der Waals surface area contributed by atoms with Crippen LogP contribution < -0.4 is 4.90 Å². The third-order valence-electron chi connectivity index (χ3n) is 1.99. The molecule has 0 fully saturated rings. The molecule has 0 unspecified atom stereocenters. The van der Waals surface area contributed by atoms with Crippen LogP contribution in [0, 0.1) is 25.4 Å². The van der Waals surface area contributed by atoms with Gasteiger partial charge in [0.25, 0.3) is 11.3 Å². The maximum Gasteiger partial charge on any atom is 0.334 e. The average molecular weight is 242 g/mol. The standard InChI is InChI=1S/C6H2N4O7/c11-6-3(9(14)15)1-2(8(12)13)4-5(6)10(16)17-7-4/h1,11H. The van der Waals surface area contributed by atoms with Crippen LogP contribution in [0.4, 0.5) is 11.4 Å². The van der Waals surface area contributed by atoms with E-state index in [9.17, 15) is 30.5 Å². The molecule has 2 rings (SSSR count). The van der Waals surface area contributed by atoms with Crippen molar-refractivity contribution in [3.63, 3.8) is 0 Å². The number of nitro benzene ring substituents is 2. The maximum absolute atomic E-state index is 11.0. The molecule has 1 aromatic carbocycles. The highest BCUT2D eigenvalue weighted by molar-refractivity contribution is 5.90. The number of nitro groups is 2. The first-order valence-electron chi connectivity index (χ1n) is 3.97. The van der Waals surface area contributed by atoms with E-state index in [1.165, 1.54) is 0 Å². The Labute approximate surface area is 90.3 Å². The number of fused-ring (bicyclic) bond motifs is 1. The molecule has 0 radical (unpaired) electrons. The molecule has 1 aromatic heterocycles. The number of phenols is 1. The number of hydrogen-bond acceptors (Lipinski definition) is 8. The van der Waals surface area contributed by atoms with Gasteiger partial charge in [0.05, 0.1) is 15.0 Å². The number of aromatic hydroxyl groups is 1. The lowest BCUT2D eigenvalue weighted by atomic mass is 10.2. The van der Waals surface area contributed by atoms with Gasteiger partial charge in [-0.15, -0.1) is 0 Å². The van der Waals surface area contributed by atoms with Crippen molar-refractivity contribution in [3.8, 4) is 5.75 Å². The molecule has 0 aliphatic heterocycles. The fraction of sp³-hybridized carbons (Fsp3) is 0. The normalized spacial score (nSPS) is 10.6. The third kappa shape index (κ3) is 1.37. The van der Waals surface area contributed by atoms with E-state index in [-0.39, 0.29) is 4.90 Å². The van der Waals surface area contributed by atoms with Gasteiger partial charge in [0.1, 0.15) is 6.07 Å². The smallest absolute Gasteiger partial charge is 0.334 e. The zero-order valence-electron chi connectivity index (χ0n) is 7.76. The van der Waals surface area contributed by atoms with E-state index in [1.807, 2.05) is 0 Å². The molecule has 17 heavy (non-hydrogen) atoms. The van der Waals surface area contributed by atoms with Crippen LogP contribution in [-0.2, 0) is 0 Å². The topological polar surface area (TPSA) is 159 Å². The Morgan fingerprint density at radius 2 is 1.88 bits per heavy atom. The number of non-ortho nitro benzene ring substituents is 1. The highest BCUT2D eigenvalue weighted by Crippen LogP contribution is 2.37. The van der Waals surface area contributed by atoms with Crippen molar-refractivity contribution in [2.45, 2.75) is 0 Å². The minimum Gasteiger partial charge on any atom is -0.499 e. The van der Waals surface area contributed by atoms with Gasteiger partial charge in [-0.1, -0.05) is 0 Å². The van der Waals surface area contributed by atoms with E-state index >= 15 is 0 Å². The summed E-state index contributed by atoms with van der Waals surface area (Å²) >= 11 is 0. The second-order valence-electron chi connectivity index (χ2n) is 2.90. The molecule has 1 N–H and O–H groups in total. The van der Waals surface area contributed by atoms with E-state index in [1.54, 1.807) is 0 Å². The van der Waals surface area contributed by atoms with Crippen molar-refractivity contribution >= 4 is 22.4 Å².